The van der Waals surface area contributed by atoms with Crippen LogP contribution in [0, 0.1) is 11.6 Å². The number of rotatable bonds is 1. The molecule has 0 bridgehead atoms. The van der Waals surface area contributed by atoms with Gasteiger partial charge in [-0.15, -0.1) is 11.3 Å². The molecule has 2 aromatic rings. The summed E-state index contributed by atoms with van der Waals surface area (Å²) in [7, 11) is 0. The smallest absolute Gasteiger partial charge is 0.168 e. The number of aromatic nitrogens is 1. The Hall–Kier alpha value is -1.69. The minimum Gasteiger partial charge on any atom is -0.381 e. The van der Waals surface area contributed by atoms with E-state index in [9.17, 15) is 8.78 Å². The van der Waals surface area contributed by atoms with Gasteiger partial charge in [0.15, 0.2) is 23.3 Å². The summed E-state index contributed by atoms with van der Waals surface area (Å²) in [4.78, 5) is 7.01. The number of nitrogens with two attached hydrogens (primary N) is 1. The van der Waals surface area contributed by atoms with Crippen LogP contribution in [-0.4, -0.2) is 11.5 Å². The standard InChI is InChI=1S/C13H13F2N3S/c1-7-8-3-5-19-11(8)2-4-18(7)13-10(15)6-9(14)12(16)17-13/h3,5-7H,2,4H2,1H3,(H2,16,17). The molecule has 1 atom stereocenters. The van der Waals surface area contributed by atoms with Gasteiger partial charge in [-0.05, 0) is 30.4 Å². The number of pyridine rings is 1. The first kappa shape index (κ1) is 12.3. The SMILES string of the molecule is CC1c2ccsc2CCN1c1nc(N)c(F)cc1F. The molecule has 6 heteroatoms. The normalized spacial score (nSPS) is 18.5. The van der Waals surface area contributed by atoms with E-state index >= 15 is 0 Å². The lowest BCUT2D eigenvalue weighted by atomic mass is 10.0. The molecular formula is C13H13F2N3S. The third-order valence-electron chi connectivity index (χ3n) is 3.49. The van der Waals surface area contributed by atoms with Gasteiger partial charge in [0.05, 0.1) is 6.04 Å². The molecule has 100 valence electrons. The van der Waals surface area contributed by atoms with Crippen molar-refractivity contribution in [3.05, 3.63) is 39.6 Å². The lowest BCUT2D eigenvalue weighted by Crippen LogP contribution is -2.34. The monoisotopic (exact) mass is 281 g/mol. The van der Waals surface area contributed by atoms with Crippen LogP contribution in [0.4, 0.5) is 20.4 Å². The Balaban J connectivity index is 2.02. The van der Waals surface area contributed by atoms with E-state index in [1.807, 2.05) is 23.3 Å². The summed E-state index contributed by atoms with van der Waals surface area (Å²) in [6.45, 7) is 2.65. The van der Waals surface area contributed by atoms with Crippen LogP contribution < -0.4 is 10.6 Å². The summed E-state index contributed by atoms with van der Waals surface area (Å²) in [6.07, 6.45) is 0.843. The minimum atomic E-state index is -0.817. The van der Waals surface area contributed by atoms with Gasteiger partial charge in [-0.2, -0.15) is 0 Å². The van der Waals surface area contributed by atoms with E-state index < -0.39 is 11.6 Å². The van der Waals surface area contributed by atoms with Crippen LogP contribution in [0.1, 0.15) is 23.4 Å². The lowest BCUT2D eigenvalue weighted by Gasteiger charge is -2.34. The average Bonchev–Trinajstić information content (AvgIpc) is 2.84. The molecule has 0 aromatic carbocycles. The van der Waals surface area contributed by atoms with Crippen molar-refractivity contribution in [1.82, 2.24) is 4.98 Å². The maximum Gasteiger partial charge on any atom is 0.168 e. The van der Waals surface area contributed by atoms with Crippen molar-refractivity contribution in [1.29, 1.82) is 0 Å². The van der Waals surface area contributed by atoms with Crippen molar-refractivity contribution in [2.75, 3.05) is 17.2 Å². The number of nitrogen functional groups attached to an aromatic ring is 1. The molecule has 2 aromatic heterocycles. The summed E-state index contributed by atoms with van der Waals surface area (Å²) < 4.78 is 27.1. The molecule has 0 fully saturated rings. The number of nitrogens with zero attached hydrogens (tertiary/aromatic N) is 2. The van der Waals surface area contributed by atoms with Gasteiger partial charge in [-0.1, -0.05) is 0 Å². The summed E-state index contributed by atoms with van der Waals surface area (Å²) in [5, 5.41) is 2.04. The predicted molar refractivity (Wildman–Crippen MR) is 72.3 cm³/mol. The predicted octanol–water partition coefficient (Wildman–Crippen LogP) is 3.13. The largest absolute Gasteiger partial charge is 0.381 e. The second kappa shape index (κ2) is 4.45. The van der Waals surface area contributed by atoms with Gasteiger partial charge >= 0.3 is 0 Å². The Morgan fingerprint density at radius 1 is 1.42 bits per heavy atom. The molecule has 0 saturated heterocycles. The average molecular weight is 281 g/mol. The topological polar surface area (TPSA) is 42.2 Å². The van der Waals surface area contributed by atoms with Crippen molar-refractivity contribution in [3.8, 4) is 0 Å². The Kier molecular flexibility index (Phi) is 2.89. The molecule has 0 amide bonds. The van der Waals surface area contributed by atoms with Crippen LogP contribution in [0.25, 0.3) is 0 Å². The number of hydrogen-bond donors (Lipinski definition) is 1. The van der Waals surface area contributed by atoms with Crippen LogP contribution >= 0.6 is 11.3 Å². The van der Waals surface area contributed by atoms with Crippen LogP contribution in [0.15, 0.2) is 17.5 Å². The molecule has 1 aliphatic heterocycles. The van der Waals surface area contributed by atoms with Crippen LogP contribution in [-0.2, 0) is 6.42 Å². The van der Waals surface area contributed by atoms with E-state index in [4.69, 9.17) is 5.73 Å². The second-order valence-electron chi connectivity index (χ2n) is 4.58. The van der Waals surface area contributed by atoms with Crippen molar-refractivity contribution in [2.45, 2.75) is 19.4 Å². The van der Waals surface area contributed by atoms with Crippen LogP contribution in [0.5, 0.6) is 0 Å². The zero-order chi connectivity index (χ0) is 13.6. The van der Waals surface area contributed by atoms with Crippen LogP contribution in [0.2, 0.25) is 0 Å². The van der Waals surface area contributed by atoms with E-state index in [1.165, 1.54) is 10.4 Å². The fourth-order valence-electron chi connectivity index (χ4n) is 2.47. The molecular weight excluding hydrogens is 268 g/mol. The van der Waals surface area contributed by atoms with Gasteiger partial charge in [0.25, 0.3) is 0 Å². The maximum absolute atomic E-state index is 13.9. The zero-order valence-electron chi connectivity index (χ0n) is 10.4. The first-order valence-electron chi connectivity index (χ1n) is 6.02. The fourth-order valence-corrected chi connectivity index (χ4v) is 3.43. The van der Waals surface area contributed by atoms with Gasteiger partial charge in [0.2, 0.25) is 0 Å². The maximum atomic E-state index is 13.9. The molecule has 3 heterocycles. The number of halogens is 2. The van der Waals surface area contributed by atoms with E-state index in [0.29, 0.717) is 6.54 Å². The molecule has 0 radical (unpaired) electrons. The fraction of sp³-hybridized carbons (Fsp3) is 0.308. The highest BCUT2D eigenvalue weighted by atomic mass is 32.1. The minimum absolute atomic E-state index is 0.0156. The van der Waals surface area contributed by atoms with E-state index in [-0.39, 0.29) is 17.7 Å². The summed E-state index contributed by atoms with van der Waals surface area (Å²) in [6, 6.07) is 2.86. The van der Waals surface area contributed by atoms with Gasteiger partial charge in [-0.25, -0.2) is 13.8 Å². The molecule has 2 N–H and O–H groups in total. The summed E-state index contributed by atoms with van der Waals surface area (Å²) >= 11 is 1.71. The Morgan fingerprint density at radius 3 is 3.00 bits per heavy atom. The van der Waals surface area contributed by atoms with Gasteiger partial charge in [-0.3, -0.25) is 0 Å². The third-order valence-corrected chi connectivity index (χ3v) is 4.48. The van der Waals surface area contributed by atoms with Crippen LogP contribution in [0.3, 0.4) is 0 Å². The highest BCUT2D eigenvalue weighted by Crippen LogP contribution is 2.36. The Labute approximate surface area is 113 Å². The second-order valence-corrected chi connectivity index (χ2v) is 5.58. The summed E-state index contributed by atoms with van der Waals surface area (Å²) in [5.74, 6) is -1.62. The Morgan fingerprint density at radius 2 is 2.21 bits per heavy atom. The number of anilines is 2. The van der Waals surface area contributed by atoms with Crippen molar-refractivity contribution in [2.24, 2.45) is 0 Å². The summed E-state index contributed by atoms with van der Waals surface area (Å²) in [5.41, 5.74) is 6.62. The van der Waals surface area contributed by atoms with Crippen molar-refractivity contribution < 1.29 is 8.78 Å². The number of thiophene rings is 1. The van der Waals surface area contributed by atoms with Crippen molar-refractivity contribution in [3.63, 3.8) is 0 Å². The lowest BCUT2D eigenvalue weighted by molar-refractivity contribution is 0.551. The van der Waals surface area contributed by atoms with Gasteiger partial charge in [0.1, 0.15) is 0 Å². The number of hydrogen-bond acceptors (Lipinski definition) is 4. The molecule has 0 aliphatic carbocycles. The van der Waals surface area contributed by atoms with Crippen molar-refractivity contribution >= 4 is 23.0 Å². The number of fused-ring (bicyclic) bond motifs is 1. The van der Waals surface area contributed by atoms with E-state index in [0.717, 1.165) is 12.5 Å². The van der Waals surface area contributed by atoms with Gasteiger partial charge in [0, 0.05) is 17.5 Å². The molecule has 1 unspecified atom stereocenters. The first-order chi connectivity index (χ1) is 9.08. The zero-order valence-corrected chi connectivity index (χ0v) is 11.2. The highest BCUT2D eigenvalue weighted by molar-refractivity contribution is 7.10. The van der Waals surface area contributed by atoms with Gasteiger partial charge < -0.3 is 10.6 Å². The molecule has 0 spiro atoms. The first-order valence-corrected chi connectivity index (χ1v) is 6.90. The molecule has 1 aliphatic rings. The molecule has 19 heavy (non-hydrogen) atoms. The molecule has 3 rings (SSSR count). The molecule has 3 nitrogen and oxygen atoms in total. The Bertz CT molecular complexity index is 626. The van der Waals surface area contributed by atoms with E-state index in [2.05, 4.69) is 4.98 Å². The highest BCUT2D eigenvalue weighted by Gasteiger charge is 2.28. The molecule has 0 saturated carbocycles. The van der Waals surface area contributed by atoms with E-state index in [1.54, 1.807) is 11.3 Å². The quantitative estimate of drug-likeness (QED) is 0.873. The third kappa shape index (κ3) is 1.96.